The van der Waals surface area contributed by atoms with Crippen molar-refractivity contribution in [2.24, 2.45) is 10.1 Å². The van der Waals surface area contributed by atoms with Crippen molar-refractivity contribution in [3.05, 3.63) is 141 Å². The first-order valence-electron chi connectivity index (χ1n) is 14.8. The molecule has 0 spiro atoms. The molecule has 0 fully saturated rings. The van der Waals surface area contributed by atoms with E-state index in [1.807, 2.05) is 36.4 Å². The van der Waals surface area contributed by atoms with E-state index in [0.717, 1.165) is 11.1 Å². The van der Waals surface area contributed by atoms with Gasteiger partial charge in [-0.05, 0) is 64.7 Å². The molecule has 0 saturated carbocycles. The minimum atomic E-state index is -1.56. The lowest BCUT2D eigenvalue weighted by atomic mass is 9.80. The summed E-state index contributed by atoms with van der Waals surface area (Å²) < 4.78 is 32.4. The summed E-state index contributed by atoms with van der Waals surface area (Å²) in [4.78, 5) is 22.5. The second kappa shape index (κ2) is 15.1. The molecule has 236 valence electrons. The van der Waals surface area contributed by atoms with Gasteiger partial charge in [-0.15, -0.1) is 0 Å². The lowest BCUT2D eigenvalue weighted by molar-refractivity contribution is -0.129. The molecule has 46 heavy (non-hydrogen) atoms. The lowest BCUT2D eigenvalue weighted by Gasteiger charge is -2.31. The number of aliphatic imine (C=N–C) groups is 1. The van der Waals surface area contributed by atoms with Gasteiger partial charge in [-0.1, -0.05) is 59.7 Å². The standard InChI is InChI=1S/C35H34FN5O5/c1-44-30-12-6-11-25(20-30)32-35(21-26-8-2-3-9-27(26)23-39-41-37,34(43)38-22-28-10-4-5-13-31(28)36)40-33(46-32)24-14-16-29(17-15-24)45-19-7-18-42/h2-6,8-17,20,32,42H,7,18-19,21-23H2,1H3,(H,38,43)/t32-,35-/m1/s1. The maximum absolute atomic E-state index is 14.6. The first-order chi connectivity index (χ1) is 22.5. The van der Waals surface area contributed by atoms with Crippen LogP contribution in [0, 0.1) is 5.82 Å². The predicted octanol–water partition coefficient (Wildman–Crippen LogP) is 6.22. The fourth-order valence-corrected chi connectivity index (χ4v) is 5.34. The van der Waals surface area contributed by atoms with E-state index in [-0.39, 0.29) is 32.0 Å². The molecule has 4 aromatic carbocycles. The highest BCUT2D eigenvalue weighted by atomic mass is 19.1. The van der Waals surface area contributed by atoms with E-state index in [9.17, 15) is 9.18 Å². The number of halogens is 1. The Balaban J connectivity index is 1.61. The van der Waals surface area contributed by atoms with Gasteiger partial charge in [0, 0.05) is 42.0 Å². The van der Waals surface area contributed by atoms with Crippen LogP contribution in [0.5, 0.6) is 11.5 Å². The van der Waals surface area contributed by atoms with Gasteiger partial charge in [0.05, 0.1) is 20.3 Å². The van der Waals surface area contributed by atoms with Gasteiger partial charge in [0.25, 0.3) is 5.91 Å². The molecule has 0 radical (unpaired) electrons. The molecule has 0 saturated heterocycles. The number of hydrogen-bond acceptors (Lipinski definition) is 7. The highest BCUT2D eigenvalue weighted by molar-refractivity contribution is 6.01. The van der Waals surface area contributed by atoms with Crippen LogP contribution in [-0.2, 0) is 29.0 Å². The van der Waals surface area contributed by atoms with Gasteiger partial charge in [-0.3, -0.25) is 4.79 Å². The zero-order chi connectivity index (χ0) is 32.4. The monoisotopic (exact) mass is 623 g/mol. The molecule has 1 amide bonds. The molecule has 0 bridgehead atoms. The van der Waals surface area contributed by atoms with Crippen LogP contribution in [0.25, 0.3) is 10.4 Å². The second-order valence-electron chi connectivity index (χ2n) is 10.7. The Morgan fingerprint density at radius 2 is 1.76 bits per heavy atom. The number of aliphatic hydroxyl groups is 1. The van der Waals surface area contributed by atoms with Gasteiger partial charge < -0.3 is 24.6 Å². The van der Waals surface area contributed by atoms with Crippen LogP contribution < -0.4 is 14.8 Å². The number of methoxy groups -OCH3 is 1. The molecular formula is C35H34FN5O5. The minimum absolute atomic E-state index is 0.0292. The zero-order valence-corrected chi connectivity index (χ0v) is 25.3. The van der Waals surface area contributed by atoms with Gasteiger partial charge in [0.2, 0.25) is 5.90 Å². The molecule has 0 aromatic heterocycles. The Kier molecular flexibility index (Phi) is 10.5. The van der Waals surface area contributed by atoms with Crippen LogP contribution in [0.15, 0.2) is 107 Å². The maximum atomic E-state index is 14.6. The van der Waals surface area contributed by atoms with E-state index in [2.05, 4.69) is 15.3 Å². The number of nitrogens with zero attached hydrogens (tertiary/aromatic N) is 4. The number of aliphatic hydroxyl groups excluding tert-OH is 1. The third-order valence-electron chi connectivity index (χ3n) is 7.71. The average Bonchev–Trinajstić information content (AvgIpc) is 3.48. The largest absolute Gasteiger partial charge is 0.497 e. The number of nitrogens with one attached hydrogen (secondary N) is 1. The van der Waals surface area contributed by atoms with Crippen LogP contribution in [0.1, 0.15) is 40.3 Å². The quantitative estimate of drug-likeness (QED) is 0.0743. The summed E-state index contributed by atoms with van der Waals surface area (Å²) in [6.45, 7) is 0.412. The minimum Gasteiger partial charge on any atom is -0.497 e. The fourth-order valence-electron chi connectivity index (χ4n) is 5.34. The number of carbonyl (C=O) groups excluding carboxylic acids is 1. The van der Waals surface area contributed by atoms with Gasteiger partial charge in [0.1, 0.15) is 17.3 Å². The Morgan fingerprint density at radius 3 is 2.48 bits per heavy atom. The first-order valence-corrected chi connectivity index (χ1v) is 14.8. The summed E-state index contributed by atoms with van der Waals surface area (Å²) in [6.07, 6.45) is -0.321. The summed E-state index contributed by atoms with van der Waals surface area (Å²) in [5.41, 5.74) is 10.5. The molecule has 4 aromatic rings. The van der Waals surface area contributed by atoms with Crippen LogP contribution >= 0.6 is 0 Å². The number of amides is 1. The summed E-state index contributed by atoms with van der Waals surface area (Å²) in [6, 6.07) is 28.0. The van der Waals surface area contributed by atoms with E-state index in [4.69, 9.17) is 29.8 Å². The molecule has 11 heteroatoms. The van der Waals surface area contributed by atoms with E-state index >= 15 is 0 Å². The molecule has 1 aliphatic heterocycles. The number of carbonyl (C=O) groups is 1. The van der Waals surface area contributed by atoms with Gasteiger partial charge in [-0.2, -0.15) is 0 Å². The Hall–Kier alpha value is -5.38. The van der Waals surface area contributed by atoms with Crippen LogP contribution in [0.2, 0.25) is 0 Å². The molecular weight excluding hydrogens is 589 g/mol. The number of azide groups is 1. The highest BCUT2D eigenvalue weighted by Crippen LogP contribution is 2.43. The topological polar surface area (TPSA) is 138 Å². The van der Waals surface area contributed by atoms with Crippen molar-refractivity contribution in [3.63, 3.8) is 0 Å². The van der Waals surface area contributed by atoms with Crippen molar-refractivity contribution in [1.29, 1.82) is 0 Å². The maximum Gasteiger partial charge on any atom is 0.252 e. The zero-order valence-electron chi connectivity index (χ0n) is 25.3. The summed E-state index contributed by atoms with van der Waals surface area (Å²) in [7, 11) is 1.56. The van der Waals surface area contributed by atoms with E-state index in [1.165, 1.54) is 6.07 Å². The molecule has 1 heterocycles. The molecule has 2 N–H and O–H groups in total. The average molecular weight is 624 g/mol. The fraction of sp³-hybridized carbons (Fsp3) is 0.257. The van der Waals surface area contributed by atoms with Crippen molar-refractivity contribution < 1.29 is 28.5 Å². The predicted molar refractivity (Wildman–Crippen MR) is 171 cm³/mol. The molecule has 2 atom stereocenters. The second-order valence-corrected chi connectivity index (χ2v) is 10.7. The molecule has 10 nitrogen and oxygen atoms in total. The number of benzene rings is 4. The Bertz CT molecular complexity index is 1740. The van der Waals surface area contributed by atoms with E-state index in [0.29, 0.717) is 41.2 Å². The number of hydrogen-bond donors (Lipinski definition) is 2. The van der Waals surface area contributed by atoms with Gasteiger partial charge in [-0.25, -0.2) is 9.38 Å². The Labute approximate surface area is 266 Å². The molecule has 0 aliphatic carbocycles. The SMILES string of the molecule is COc1cccc([C@H]2OC(c3ccc(OCCCO)cc3)=N[C@@]2(Cc2ccccc2CN=[N+]=[N-])C(=O)NCc2ccccc2F)c1. The first kappa shape index (κ1) is 32.0. The van der Waals surface area contributed by atoms with E-state index < -0.39 is 23.4 Å². The van der Waals surface area contributed by atoms with Crippen LogP contribution in [0.4, 0.5) is 4.39 Å². The van der Waals surface area contributed by atoms with Crippen molar-refractivity contribution in [2.75, 3.05) is 20.3 Å². The summed E-state index contributed by atoms with van der Waals surface area (Å²) in [5, 5.41) is 15.7. The smallest absolute Gasteiger partial charge is 0.252 e. The summed E-state index contributed by atoms with van der Waals surface area (Å²) in [5.74, 6) is 0.517. The van der Waals surface area contributed by atoms with E-state index in [1.54, 1.807) is 61.7 Å². The lowest BCUT2D eigenvalue weighted by Crippen LogP contribution is -2.50. The Morgan fingerprint density at radius 1 is 1.02 bits per heavy atom. The number of rotatable bonds is 14. The summed E-state index contributed by atoms with van der Waals surface area (Å²) >= 11 is 0. The highest BCUT2D eigenvalue weighted by Gasteiger charge is 2.53. The molecule has 5 rings (SSSR count). The van der Waals surface area contributed by atoms with Crippen molar-refractivity contribution in [3.8, 4) is 11.5 Å². The van der Waals surface area contributed by atoms with Gasteiger partial charge in [0.15, 0.2) is 11.6 Å². The van der Waals surface area contributed by atoms with Gasteiger partial charge >= 0.3 is 0 Å². The third-order valence-corrected chi connectivity index (χ3v) is 7.71. The third kappa shape index (κ3) is 7.28. The molecule has 1 aliphatic rings. The molecule has 0 unspecified atom stereocenters. The van der Waals surface area contributed by atoms with Crippen molar-refractivity contribution in [2.45, 2.75) is 37.6 Å². The van der Waals surface area contributed by atoms with Crippen molar-refractivity contribution in [1.82, 2.24) is 5.32 Å². The van der Waals surface area contributed by atoms with Crippen LogP contribution in [-0.4, -0.2) is 42.8 Å². The van der Waals surface area contributed by atoms with Crippen molar-refractivity contribution >= 4 is 11.8 Å². The normalized spacial score (nSPS) is 16.9. The van der Waals surface area contributed by atoms with Crippen LogP contribution in [0.3, 0.4) is 0 Å². The number of ether oxygens (including phenoxy) is 3.